The van der Waals surface area contributed by atoms with E-state index in [0.29, 0.717) is 52.0 Å². The quantitative estimate of drug-likeness (QED) is 0.185. The van der Waals surface area contributed by atoms with Gasteiger partial charge < -0.3 is 14.8 Å². The molecule has 1 aliphatic heterocycles. The molecule has 0 spiro atoms. The molecule has 2 aromatic heterocycles. The van der Waals surface area contributed by atoms with E-state index >= 15 is 8.78 Å². The molecular weight excluding hydrogens is 667 g/mol. The third kappa shape index (κ3) is 8.28. The largest absolute Gasteiger partial charge is 0.481 e. The Hall–Kier alpha value is -4.35. The lowest BCUT2D eigenvalue weighted by atomic mass is 9.72. The van der Waals surface area contributed by atoms with Crippen LogP contribution < -0.4 is 4.74 Å². The van der Waals surface area contributed by atoms with Gasteiger partial charge in [-0.15, -0.1) is 11.3 Å². The summed E-state index contributed by atoms with van der Waals surface area (Å²) in [5.41, 5.74) is 1.80. The fourth-order valence-electron chi connectivity index (χ4n) is 6.20. The highest BCUT2D eigenvalue weighted by Gasteiger charge is 2.36. The first kappa shape index (κ1) is 35.9. The number of rotatable bonds is 7. The van der Waals surface area contributed by atoms with Crippen molar-refractivity contribution in [1.82, 2.24) is 9.97 Å². The number of aromatic amines is 1. The molecule has 1 atom stereocenters. The number of ether oxygens (including phenoxy) is 1. The highest BCUT2D eigenvalue weighted by molar-refractivity contribution is 7.91. The minimum absolute atomic E-state index is 0.0223. The average Bonchev–Trinajstić information content (AvgIpc) is 3.71. The standard InChI is InChI=1S/C38H40F2N2O5S2/c1-6-25(9-7-8-24(2)10-13-34(43)44)38(5)17-16-37(3,4)23-49(45,46)19-15-28-27-14-18-41-32(27)21-31(40)35(28)47-26-11-12-30(39)29(20-26)36-42-33(38)22-48-36/h6-9,11-12,14,18,20-22,41H,1-2,10,13,15-17,19,23H2,3-5H3,(H,43,44)/b8-7-,25-9+. The number of hydrogen-bond acceptors (Lipinski definition) is 6. The molecule has 0 amide bonds. The minimum atomic E-state index is -3.62. The molecule has 4 aromatic rings. The number of nitrogens with one attached hydrogen (secondary N) is 1. The molecule has 49 heavy (non-hydrogen) atoms. The Bertz CT molecular complexity index is 2090. The molecule has 2 aromatic carbocycles. The molecule has 7 nitrogen and oxygen atoms in total. The first-order valence-electron chi connectivity index (χ1n) is 15.9. The topological polar surface area (TPSA) is 109 Å². The summed E-state index contributed by atoms with van der Waals surface area (Å²) in [5, 5.41) is 11.9. The summed E-state index contributed by atoms with van der Waals surface area (Å²) in [6.07, 6.45) is 10.1. The molecule has 3 heterocycles. The van der Waals surface area contributed by atoms with E-state index < -0.39 is 38.3 Å². The van der Waals surface area contributed by atoms with Gasteiger partial charge >= 0.3 is 5.97 Å². The molecule has 5 rings (SSSR count). The van der Waals surface area contributed by atoms with Gasteiger partial charge in [-0.3, -0.25) is 4.79 Å². The summed E-state index contributed by atoms with van der Waals surface area (Å²) >= 11 is 1.26. The second-order valence-corrected chi connectivity index (χ2v) is 16.5. The maximum Gasteiger partial charge on any atom is 0.303 e. The van der Waals surface area contributed by atoms with Crippen molar-refractivity contribution in [2.75, 3.05) is 11.5 Å². The van der Waals surface area contributed by atoms with Gasteiger partial charge in [0.05, 0.1) is 17.2 Å². The summed E-state index contributed by atoms with van der Waals surface area (Å²) in [6.45, 7) is 13.8. The molecule has 1 aliphatic rings. The number of aryl methyl sites for hydroxylation is 1. The zero-order chi connectivity index (χ0) is 35.6. The first-order valence-corrected chi connectivity index (χ1v) is 18.6. The van der Waals surface area contributed by atoms with E-state index in [9.17, 15) is 13.2 Å². The lowest BCUT2D eigenvalue weighted by Crippen LogP contribution is -2.31. The number of hydrogen-bond donors (Lipinski definition) is 2. The summed E-state index contributed by atoms with van der Waals surface area (Å²) in [5.74, 6) is -2.33. The Morgan fingerprint density at radius 3 is 2.65 bits per heavy atom. The van der Waals surface area contributed by atoms with E-state index in [1.807, 2.05) is 32.2 Å². The van der Waals surface area contributed by atoms with E-state index in [1.165, 1.54) is 35.6 Å². The SMILES string of the molecule is C=C/C(=C\C=C/C(=C)CCC(=O)O)C1(C)CCC(C)(C)CS(=O)(=O)CCc2c(c(F)cc3[nH]ccc23)Oc2ccc(F)c(c2)-c2nc1cs2. The average molecular weight is 707 g/mol. The van der Waals surface area contributed by atoms with Crippen LogP contribution in [0.5, 0.6) is 11.5 Å². The maximum atomic E-state index is 15.6. The highest BCUT2D eigenvalue weighted by atomic mass is 32.2. The summed E-state index contributed by atoms with van der Waals surface area (Å²) in [6, 6.07) is 7.20. The smallest absolute Gasteiger partial charge is 0.303 e. The molecule has 1 unspecified atom stereocenters. The fraction of sp³-hybridized carbons (Fsp3) is 0.316. The zero-order valence-electron chi connectivity index (χ0n) is 27.8. The number of halogens is 2. The second kappa shape index (κ2) is 14.2. The number of aromatic nitrogens is 2. The van der Waals surface area contributed by atoms with Crippen molar-refractivity contribution < 1.29 is 31.8 Å². The van der Waals surface area contributed by atoms with E-state index in [4.69, 9.17) is 14.8 Å². The van der Waals surface area contributed by atoms with E-state index in [1.54, 1.807) is 30.5 Å². The number of benzene rings is 2. The lowest BCUT2D eigenvalue weighted by molar-refractivity contribution is -0.136. The Morgan fingerprint density at radius 2 is 1.92 bits per heavy atom. The Morgan fingerprint density at radius 1 is 1.14 bits per heavy atom. The van der Waals surface area contributed by atoms with Crippen LogP contribution in [-0.2, 0) is 26.5 Å². The highest BCUT2D eigenvalue weighted by Crippen LogP contribution is 2.44. The van der Waals surface area contributed by atoms with Crippen molar-refractivity contribution in [3.63, 3.8) is 0 Å². The third-order valence-corrected chi connectivity index (χ3v) is 11.9. The molecule has 0 aliphatic carbocycles. The molecule has 2 N–H and O–H groups in total. The minimum Gasteiger partial charge on any atom is -0.481 e. The lowest BCUT2D eigenvalue weighted by Gasteiger charge is -2.34. The number of fused-ring (bicyclic) bond motifs is 8. The fourth-order valence-corrected chi connectivity index (χ4v) is 9.17. The Balaban J connectivity index is 1.62. The second-order valence-electron chi connectivity index (χ2n) is 13.5. The van der Waals surface area contributed by atoms with Crippen LogP contribution in [0.25, 0.3) is 21.5 Å². The van der Waals surface area contributed by atoms with Crippen LogP contribution in [0.3, 0.4) is 0 Å². The zero-order valence-corrected chi connectivity index (χ0v) is 29.4. The maximum absolute atomic E-state index is 15.6. The van der Waals surface area contributed by atoms with Crippen LogP contribution in [0.4, 0.5) is 8.78 Å². The molecule has 0 saturated heterocycles. The number of carboxylic acids is 1. The van der Waals surface area contributed by atoms with Crippen LogP contribution in [-0.4, -0.2) is 41.0 Å². The molecule has 4 bridgehead atoms. The molecule has 258 valence electrons. The molecule has 11 heteroatoms. The number of carbonyl (C=O) groups is 1. The summed E-state index contributed by atoms with van der Waals surface area (Å²) < 4.78 is 64.4. The van der Waals surface area contributed by atoms with E-state index in [0.717, 1.165) is 5.57 Å². The molecular formula is C38H40F2N2O5S2. The van der Waals surface area contributed by atoms with Gasteiger partial charge in [-0.1, -0.05) is 56.9 Å². The number of thiazole rings is 1. The van der Waals surface area contributed by atoms with Crippen LogP contribution in [0.1, 0.15) is 57.7 Å². The number of H-pyrrole nitrogens is 1. The van der Waals surface area contributed by atoms with Gasteiger partial charge in [-0.05, 0) is 67.9 Å². The predicted molar refractivity (Wildman–Crippen MR) is 192 cm³/mol. The van der Waals surface area contributed by atoms with Crippen molar-refractivity contribution in [2.24, 2.45) is 5.41 Å². The monoisotopic (exact) mass is 706 g/mol. The Labute approximate surface area is 289 Å². The van der Waals surface area contributed by atoms with Crippen molar-refractivity contribution in [3.05, 3.63) is 113 Å². The van der Waals surface area contributed by atoms with Gasteiger partial charge in [0, 0.05) is 51.5 Å². The van der Waals surface area contributed by atoms with Gasteiger partial charge in [0.2, 0.25) is 0 Å². The van der Waals surface area contributed by atoms with E-state index in [-0.39, 0.29) is 41.4 Å². The van der Waals surface area contributed by atoms with Gasteiger partial charge in [0.25, 0.3) is 0 Å². The summed E-state index contributed by atoms with van der Waals surface area (Å²) in [4.78, 5) is 18.9. The molecule has 0 saturated carbocycles. The number of nitrogens with zero attached hydrogens (tertiary/aromatic N) is 1. The molecule has 0 fully saturated rings. The number of allylic oxidation sites excluding steroid dienone is 6. The normalized spacial score (nSPS) is 19.6. The Kier molecular flexibility index (Phi) is 10.5. The van der Waals surface area contributed by atoms with Crippen LogP contribution in [0, 0.1) is 17.0 Å². The van der Waals surface area contributed by atoms with E-state index in [2.05, 4.69) is 18.1 Å². The molecule has 0 radical (unpaired) electrons. The van der Waals surface area contributed by atoms with Crippen molar-refractivity contribution in [3.8, 4) is 22.1 Å². The van der Waals surface area contributed by atoms with Gasteiger partial charge in [0.1, 0.15) is 16.6 Å². The summed E-state index contributed by atoms with van der Waals surface area (Å²) in [7, 11) is -3.62. The van der Waals surface area contributed by atoms with Crippen LogP contribution >= 0.6 is 11.3 Å². The van der Waals surface area contributed by atoms with Crippen LogP contribution in [0.2, 0.25) is 0 Å². The van der Waals surface area contributed by atoms with Crippen molar-refractivity contribution in [1.29, 1.82) is 0 Å². The van der Waals surface area contributed by atoms with Gasteiger partial charge in [-0.2, -0.15) is 0 Å². The van der Waals surface area contributed by atoms with Gasteiger partial charge in [0.15, 0.2) is 21.4 Å². The van der Waals surface area contributed by atoms with Crippen molar-refractivity contribution >= 4 is 38.0 Å². The van der Waals surface area contributed by atoms with Gasteiger partial charge in [-0.25, -0.2) is 22.2 Å². The predicted octanol–water partition coefficient (Wildman–Crippen LogP) is 9.49. The number of aliphatic carboxylic acids is 1. The number of carboxylic acid groups (broad SMARTS) is 1. The van der Waals surface area contributed by atoms with Crippen molar-refractivity contribution in [2.45, 2.75) is 58.3 Å². The van der Waals surface area contributed by atoms with Crippen LogP contribution in [0.15, 0.2) is 90.5 Å². The first-order chi connectivity index (χ1) is 23.1. The number of sulfone groups is 1. The third-order valence-electron chi connectivity index (χ3n) is 9.02.